The van der Waals surface area contributed by atoms with E-state index in [1.54, 1.807) is 0 Å². The van der Waals surface area contributed by atoms with Gasteiger partial charge in [-0.2, -0.15) is 0 Å². The molecule has 0 aromatic heterocycles. The molecule has 0 saturated carbocycles. The molecule has 0 spiro atoms. The van der Waals surface area contributed by atoms with Gasteiger partial charge < -0.3 is 15.3 Å². The van der Waals surface area contributed by atoms with Crippen LogP contribution in [0.2, 0.25) is 0 Å². The molecule has 3 rings (SSSR count). The van der Waals surface area contributed by atoms with Gasteiger partial charge in [0.25, 0.3) is 0 Å². The summed E-state index contributed by atoms with van der Waals surface area (Å²) < 4.78 is 14.1. The summed E-state index contributed by atoms with van der Waals surface area (Å²) in [5.41, 5.74) is 1.14. The number of benzene rings is 1. The lowest BCUT2D eigenvalue weighted by molar-refractivity contribution is 0.0803. The molecule has 0 unspecified atom stereocenters. The van der Waals surface area contributed by atoms with Crippen LogP contribution in [0.25, 0.3) is 0 Å². The lowest BCUT2D eigenvalue weighted by Gasteiger charge is -2.35. The summed E-state index contributed by atoms with van der Waals surface area (Å²) in [4.78, 5) is 16.2. The van der Waals surface area contributed by atoms with Crippen molar-refractivity contribution >= 4 is 6.03 Å². The van der Waals surface area contributed by atoms with Crippen LogP contribution in [0.1, 0.15) is 30.9 Å². The number of nitrogens with zero attached hydrogens (tertiary/aromatic N) is 2. The van der Waals surface area contributed by atoms with Crippen LogP contribution in [-0.2, 0) is 13.0 Å². The SMILES string of the molecule is CC[C@@H](CNC(=O)N1CC[C@@](F)(CO)C1)N1CCc2ccccc2C1. The first-order chi connectivity index (χ1) is 12.0. The van der Waals surface area contributed by atoms with Gasteiger partial charge in [0.05, 0.1) is 13.2 Å². The second-order valence-corrected chi connectivity index (χ2v) is 7.22. The molecule has 2 aliphatic heterocycles. The Balaban J connectivity index is 1.52. The van der Waals surface area contributed by atoms with Crippen LogP contribution in [0, 0.1) is 0 Å². The maximum atomic E-state index is 14.1. The molecule has 0 radical (unpaired) electrons. The van der Waals surface area contributed by atoms with Crippen molar-refractivity contribution in [1.29, 1.82) is 0 Å². The highest BCUT2D eigenvalue weighted by atomic mass is 19.1. The number of fused-ring (bicyclic) bond motifs is 1. The van der Waals surface area contributed by atoms with Gasteiger partial charge in [0.15, 0.2) is 5.67 Å². The predicted octanol–water partition coefficient (Wildman–Crippen LogP) is 1.94. The van der Waals surface area contributed by atoms with E-state index in [1.165, 1.54) is 16.0 Å². The van der Waals surface area contributed by atoms with Gasteiger partial charge in [0, 0.05) is 38.6 Å². The predicted molar refractivity (Wildman–Crippen MR) is 95.1 cm³/mol. The van der Waals surface area contributed by atoms with E-state index in [1.807, 2.05) is 0 Å². The van der Waals surface area contributed by atoms with Gasteiger partial charge in [-0.3, -0.25) is 4.90 Å². The minimum absolute atomic E-state index is 0.0246. The van der Waals surface area contributed by atoms with E-state index in [2.05, 4.69) is 41.4 Å². The average molecular weight is 349 g/mol. The lowest BCUT2D eigenvalue weighted by atomic mass is 9.98. The Morgan fingerprint density at radius 3 is 2.80 bits per heavy atom. The van der Waals surface area contributed by atoms with Gasteiger partial charge in [-0.15, -0.1) is 0 Å². The molecule has 1 saturated heterocycles. The van der Waals surface area contributed by atoms with Crippen molar-refractivity contribution in [3.8, 4) is 0 Å². The number of carbonyl (C=O) groups is 1. The molecule has 1 aromatic rings. The molecule has 0 bridgehead atoms. The van der Waals surface area contributed by atoms with Gasteiger partial charge in [-0.1, -0.05) is 31.2 Å². The maximum Gasteiger partial charge on any atom is 0.317 e. The molecule has 2 heterocycles. The minimum Gasteiger partial charge on any atom is -0.393 e. The number of alkyl halides is 1. The molecule has 0 aliphatic carbocycles. The number of halogens is 1. The third-order valence-corrected chi connectivity index (χ3v) is 5.51. The number of hydrogen-bond donors (Lipinski definition) is 2. The van der Waals surface area contributed by atoms with Crippen LogP contribution >= 0.6 is 0 Å². The van der Waals surface area contributed by atoms with Crippen molar-refractivity contribution in [3.63, 3.8) is 0 Å². The van der Waals surface area contributed by atoms with Crippen LogP contribution in [0.15, 0.2) is 24.3 Å². The molecule has 2 amide bonds. The summed E-state index contributed by atoms with van der Waals surface area (Å²) in [5.74, 6) is 0. The number of carbonyl (C=O) groups excluding carboxylic acids is 1. The van der Waals surface area contributed by atoms with Crippen LogP contribution in [0.5, 0.6) is 0 Å². The number of aliphatic hydroxyl groups excluding tert-OH is 1. The zero-order valence-corrected chi connectivity index (χ0v) is 14.9. The third kappa shape index (κ3) is 4.12. The Morgan fingerprint density at radius 2 is 2.12 bits per heavy atom. The standard InChI is InChI=1S/C19H28FN3O2/c1-2-17(22-9-7-15-5-3-4-6-16(15)12-22)11-21-18(25)23-10-8-19(20,13-23)14-24/h3-6,17,24H,2,7-14H2,1H3,(H,21,25)/t17-,19-/m0/s1. The first-order valence-corrected chi connectivity index (χ1v) is 9.18. The second kappa shape index (κ2) is 7.70. The van der Waals surface area contributed by atoms with Crippen molar-refractivity contribution in [1.82, 2.24) is 15.1 Å². The number of rotatable bonds is 5. The molecule has 138 valence electrons. The molecule has 2 aliphatic rings. The Kier molecular flexibility index (Phi) is 5.59. The number of likely N-dealkylation sites (tertiary alicyclic amines) is 1. The van der Waals surface area contributed by atoms with Gasteiger partial charge in [-0.05, 0) is 24.0 Å². The van der Waals surface area contributed by atoms with E-state index < -0.39 is 12.3 Å². The van der Waals surface area contributed by atoms with Crippen molar-refractivity contribution < 1.29 is 14.3 Å². The van der Waals surface area contributed by atoms with E-state index in [0.29, 0.717) is 13.1 Å². The monoisotopic (exact) mass is 349 g/mol. The fraction of sp³-hybridized carbons (Fsp3) is 0.632. The largest absolute Gasteiger partial charge is 0.393 e. The normalized spacial score (nSPS) is 24.8. The molecule has 2 N–H and O–H groups in total. The maximum absolute atomic E-state index is 14.1. The van der Waals surface area contributed by atoms with Gasteiger partial charge in [0.2, 0.25) is 0 Å². The van der Waals surface area contributed by atoms with E-state index in [-0.39, 0.29) is 25.0 Å². The Labute approximate surface area is 148 Å². The molecule has 6 heteroatoms. The molecule has 1 aromatic carbocycles. The Hall–Kier alpha value is -1.66. The summed E-state index contributed by atoms with van der Waals surface area (Å²) in [6, 6.07) is 8.55. The van der Waals surface area contributed by atoms with Gasteiger partial charge >= 0.3 is 6.03 Å². The molecular weight excluding hydrogens is 321 g/mol. The topological polar surface area (TPSA) is 55.8 Å². The number of hydrogen-bond acceptors (Lipinski definition) is 3. The summed E-state index contributed by atoms with van der Waals surface area (Å²) in [6.45, 7) is 4.40. The van der Waals surface area contributed by atoms with Crippen LogP contribution in [0.4, 0.5) is 9.18 Å². The Morgan fingerprint density at radius 1 is 1.36 bits per heavy atom. The summed E-state index contributed by atoms with van der Waals surface area (Å²) in [6.07, 6.45) is 2.19. The number of aliphatic hydroxyl groups is 1. The molecule has 2 atom stereocenters. The Bertz CT molecular complexity index is 612. The second-order valence-electron chi connectivity index (χ2n) is 7.22. The molecule has 1 fully saturated rings. The smallest absolute Gasteiger partial charge is 0.317 e. The lowest BCUT2D eigenvalue weighted by Crippen LogP contribution is -2.49. The summed E-state index contributed by atoms with van der Waals surface area (Å²) >= 11 is 0. The fourth-order valence-electron chi connectivity index (χ4n) is 3.82. The fourth-order valence-corrected chi connectivity index (χ4v) is 3.82. The highest BCUT2D eigenvalue weighted by Gasteiger charge is 2.39. The number of urea groups is 1. The van der Waals surface area contributed by atoms with E-state index in [9.17, 15) is 9.18 Å². The zero-order valence-electron chi connectivity index (χ0n) is 14.9. The van der Waals surface area contributed by atoms with Crippen LogP contribution in [-0.4, -0.2) is 65.4 Å². The van der Waals surface area contributed by atoms with Gasteiger partial charge in [-0.25, -0.2) is 9.18 Å². The van der Waals surface area contributed by atoms with Crippen molar-refractivity contribution in [2.24, 2.45) is 0 Å². The van der Waals surface area contributed by atoms with Crippen LogP contribution in [0.3, 0.4) is 0 Å². The average Bonchev–Trinajstić information content (AvgIpc) is 3.05. The molecule has 5 nitrogen and oxygen atoms in total. The van der Waals surface area contributed by atoms with E-state index in [4.69, 9.17) is 5.11 Å². The quantitative estimate of drug-likeness (QED) is 0.854. The zero-order chi connectivity index (χ0) is 17.9. The molecule has 25 heavy (non-hydrogen) atoms. The van der Waals surface area contributed by atoms with Crippen molar-refractivity contribution in [3.05, 3.63) is 35.4 Å². The molecular formula is C19H28FN3O2. The highest BCUT2D eigenvalue weighted by Crippen LogP contribution is 2.25. The van der Waals surface area contributed by atoms with Gasteiger partial charge in [0.1, 0.15) is 0 Å². The highest BCUT2D eigenvalue weighted by molar-refractivity contribution is 5.74. The first kappa shape index (κ1) is 18.1. The van der Waals surface area contributed by atoms with Crippen molar-refractivity contribution in [2.75, 3.05) is 32.8 Å². The number of nitrogens with one attached hydrogen (secondary N) is 1. The summed E-state index contributed by atoms with van der Waals surface area (Å²) in [7, 11) is 0. The first-order valence-electron chi connectivity index (χ1n) is 9.18. The van der Waals surface area contributed by atoms with Crippen LogP contribution < -0.4 is 5.32 Å². The summed E-state index contributed by atoms with van der Waals surface area (Å²) in [5, 5.41) is 12.0. The van der Waals surface area contributed by atoms with E-state index in [0.717, 1.165) is 25.9 Å². The number of amides is 2. The van der Waals surface area contributed by atoms with E-state index >= 15 is 0 Å². The minimum atomic E-state index is -1.64. The van der Waals surface area contributed by atoms with Crippen molar-refractivity contribution in [2.45, 2.75) is 44.4 Å². The third-order valence-electron chi connectivity index (χ3n) is 5.51.